The van der Waals surface area contributed by atoms with Crippen LogP contribution in [0.4, 0.5) is 0 Å². The van der Waals surface area contributed by atoms with Gasteiger partial charge >= 0.3 is 0 Å². The topological polar surface area (TPSA) is 35.6 Å². The smallest absolute Gasteiger partial charge is 0.148 e. The second kappa shape index (κ2) is 4.15. The second-order valence-electron chi connectivity index (χ2n) is 4.26. The highest BCUT2D eigenvalue weighted by Crippen LogP contribution is 2.35. The van der Waals surface area contributed by atoms with Crippen LogP contribution in [0.2, 0.25) is 0 Å². The van der Waals surface area contributed by atoms with E-state index in [0.717, 1.165) is 30.8 Å². The summed E-state index contributed by atoms with van der Waals surface area (Å²) in [5.74, 6) is 2.08. The van der Waals surface area contributed by atoms with Gasteiger partial charge in [-0.15, -0.1) is 6.58 Å². The van der Waals surface area contributed by atoms with Crippen LogP contribution in [-0.2, 0) is 4.74 Å². The zero-order valence-electron chi connectivity index (χ0n) is 9.25. The molecule has 1 atom stereocenters. The normalized spacial score (nSPS) is 17.7. The van der Waals surface area contributed by atoms with Crippen LogP contribution in [-0.4, -0.2) is 24.8 Å². The standard InChI is InChI=1S/C11H19NO2/c1-5-6-7-10-11(14-10)8-9(2)12(3,4)13/h5,9H,1,6-8H2,2-4H3. The molecule has 0 aromatic carbocycles. The van der Waals surface area contributed by atoms with E-state index in [9.17, 15) is 5.21 Å². The number of hydrogen-bond donors (Lipinski definition) is 0. The molecule has 3 heteroatoms. The lowest BCUT2D eigenvalue weighted by atomic mass is 10.2. The highest BCUT2D eigenvalue weighted by atomic mass is 16.6. The Morgan fingerprint density at radius 1 is 1.50 bits per heavy atom. The minimum atomic E-state index is -0.262. The van der Waals surface area contributed by atoms with Gasteiger partial charge in [-0.05, 0) is 13.3 Å². The molecule has 0 N–H and O–H groups in total. The minimum Gasteiger partial charge on any atom is -0.633 e. The summed E-state index contributed by atoms with van der Waals surface area (Å²) < 4.78 is 5.06. The summed E-state index contributed by atoms with van der Waals surface area (Å²) in [6.45, 7) is 5.61. The number of hydrogen-bond acceptors (Lipinski definition) is 2. The Balaban J connectivity index is 2.33. The van der Waals surface area contributed by atoms with Crippen LogP contribution in [0, 0.1) is 5.21 Å². The lowest BCUT2D eigenvalue weighted by Crippen LogP contribution is -2.41. The fourth-order valence-electron chi connectivity index (χ4n) is 1.19. The molecule has 80 valence electrons. The Bertz CT molecular complexity index is 251. The van der Waals surface area contributed by atoms with E-state index in [1.54, 1.807) is 14.1 Å². The molecule has 0 aliphatic carbocycles. The highest BCUT2D eigenvalue weighted by Gasteiger charge is 2.29. The monoisotopic (exact) mass is 197 g/mol. The van der Waals surface area contributed by atoms with Gasteiger partial charge in [0, 0.05) is 6.42 Å². The van der Waals surface area contributed by atoms with Crippen molar-refractivity contribution in [3.8, 4) is 0 Å². The Morgan fingerprint density at radius 3 is 2.64 bits per heavy atom. The Hall–Kier alpha value is -0.800. The minimum absolute atomic E-state index is 0.0613. The van der Waals surface area contributed by atoms with Crippen molar-refractivity contribution in [2.24, 2.45) is 0 Å². The largest absolute Gasteiger partial charge is 0.633 e. The Labute approximate surface area is 85.8 Å². The molecule has 0 radical (unpaired) electrons. The molecule has 0 spiro atoms. The fourth-order valence-corrected chi connectivity index (χ4v) is 1.19. The summed E-state index contributed by atoms with van der Waals surface area (Å²) in [4.78, 5) is 0. The van der Waals surface area contributed by atoms with Crippen LogP contribution in [0.15, 0.2) is 24.2 Å². The summed E-state index contributed by atoms with van der Waals surface area (Å²) in [6, 6.07) is 0.0613. The molecule has 14 heavy (non-hydrogen) atoms. The molecule has 3 nitrogen and oxygen atoms in total. The summed E-state index contributed by atoms with van der Waals surface area (Å²) in [5, 5.41) is 11.5. The van der Waals surface area contributed by atoms with Crippen molar-refractivity contribution in [2.75, 3.05) is 14.1 Å². The zero-order chi connectivity index (χ0) is 10.8. The first-order valence-corrected chi connectivity index (χ1v) is 5.00. The maximum Gasteiger partial charge on any atom is 0.148 e. The molecule has 0 saturated carbocycles. The van der Waals surface area contributed by atoms with Gasteiger partial charge in [-0.1, -0.05) is 6.08 Å². The molecule has 1 rings (SSSR count). The van der Waals surface area contributed by atoms with Gasteiger partial charge < -0.3 is 14.6 Å². The van der Waals surface area contributed by atoms with E-state index < -0.39 is 0 Å². The van der Waals surface area contributed by atoms with Gasteiger partial charge in [-0.2, -0.15) is 0 Å². The van der Waals surface area contributed by atoms with E-state index >= 15 is 0 Å². The molecule has 0 fully saturated rings. The predicted octanol–water partition coefficient (Wildman–Crippen LogP) is 2.55. The van der Waals surface area contributed by atoms with Crippen molar-refractivity contribution in [2.45, 2.75) is 32.2 Å². The van der Waals surface area contributed by atoms with E-state index in [1.165, 1.54) is 0 Å². The van der Waals surface area contributed by atoms with Crippen molar-refractivity contribution in [1.29, 1.82) is 0 Å². The molecule has 0 amide bonds. The van der Waals surface area contributed by atoms with E-state index in [4.69, 9.17) is 4.74 Å². The molecule has 0 aromatic rings. The van der Waals surface area contributed by atoms with Crippen LogP contribution >= 0.6 is 0 Å². The van der Waals surface area contributed by atoms with Gasteiger partial charge in [0.1, 0.15) is 11.5 Å². The SMILES string of the molecule is C=CCCC1=C(CC(C)[N+](C)(C)[O-])O1. The van der Waals surface area contributed by atoms with Crippen molar-refractivity contribution >= 4 is 0 Å². The average Bonchev–Trinajstić information content (AvgIpc) is 2.78. The van der Waals surface area contributed by atoms with Crippen LogP contribution in [0.5, 0.6) is 0 Å². The third-order valence-electron chi connectivity index (χ3n) is 2.63. The molecule has 1 aliphatic rings. The van der Waals surface area contributed by atoms with E-state index in [-0.39, 0.29) is 10.7 Å². The molecule has 0 bridgehead atoms. The third-order valence-corrected chi connectivity index (χ3v) is 2.63. The van der Waals surface area contributed by atoms with Gasteiger partial charge in [0.15, 0.2) is 0 Å². The summed E-state index contributed by atoms with van der Waals surface area (Å²) in [6.07, 6.45) is 4.51. The maximum atomic E-state index is 11.5. The molecule has 0 saturated heterocycles. The molecule has 1 aliphatic heterocycles. The lowest BCUT2D eigenvalue weighted by Gasteiger charge is -2.39. The average molecular weight is 197 g/mol. The Kier molecular flexibility index (Phi) is 3.34. The molecule has 0 aromatic heterocycles. The maximum absolute atomic E-state index is 11.5. The number of ether oxygens (including phenoxy) is 1. The molecule has 1 unspecified atom stereocenters. The molecular formula is C11H19NO2. The van der Waals surface area contributed by atoms with Crippen LogP contribution in [0.1, 0.15) is 26.2 Å². The number of nitrogens with zero attached hydrogens (tertiary/aromatic N) is 1. The zero-order valence-corrected chi connectivity index (χ0v) is 9.25. The van der Waals surface area contributed by atoms with Gasteiger partial charge in [-0.3, -0.25) is 0 Å². The summed E-state index contributed by atoms with van der Waals surface area (Å²) >= 11 is 0. The first-order valence-electron chi connectivity index (χ1n) is 5.00. The lowest BCUT2D eigenvalue weighted by molar-refractivity contribution is -0.864. The molecular weight excluding hydrogens is 178 g/mol. The second-order valence-corrected chi connectivity index (χ2v) is 4.26. The number of quaternary nitrogens is 1. The number of hydroxylamine groups is 3. The van der Waals surface area contributed by atoms with Crippen LogP contribution < -0.4 is 0 Å². The highest BCUT2D eigenvalue weighted by molar-refractivity contribution is 5.18. The van der Waals surface area contributed by atoms with E-state index in [1.807, 2.05) is 13.0 Å². The van der Waals surface area contributed by atoms with Crippen molar-refractivity contribution in [3.05, 3.63) is 29.4 Å². The first kappa shape index (κ1) is 11.3. The number of allylic oxidation sites excluding steroid dienone is 2. The summed E-state index contributed by atoms with van der Waals surface area (Å²) in [7, 11) is 3.33. The number of rotatable bonds is 6. The van der Waals surface area contributed by atoms with E-state index in [2.05, 4.69) is 6.58 Å². The van der Waals surface area contributed by atoms with E-state index in [0.29, 0.717) is 0 Å². The van der Waals surface area contributed by atoms with Gasteiger partial charge in [0.2, 0.25) is 0 Å². The fraction of sp³-hybridized carbons (Fsp3) is 0.636. The van der Waals surface area contributed by atoms with Crippen molar-refractivity contribution < 1.29 is 9.38 Å². The van der Waals surface area contributed by atoms with Crippen molar-refractivity contribution in [1.82, 2.24) is 0 Å². The third kappa shape index (κ3) is 3.16. The van der Waals surface area contributed by atoms with Gasteiger partial charge in [0.05, 0.1) is 26.6 Å². The van der Waals surface area contributed by atoms with Gasteiger partial charge in [-0.25, -0.2) is 0 Å². The quantitative estimate of drug-likeness (QED) is 0.372. The van der Waals surface area contributed by atoms with Crippen LogP contribution in [0.3, 0.4) is 0 Å². The predicted molar refractivity (Wildman–Crippen MR) is 57.1 cm³/mol. The van der Waals surface area contributed by atoms with Crippen molar-refractivity contribution in [3.63, 3.8) is 0 Å². The summed E-state index contributed by atoms with van der Waals surface area (Å²) in [5.41, 5.74) is 0. The van der Waals surface area contributed by atoms with Gasteiger partial charge in [0.25, 0.3) is 0 Å². The Morgan fingerprint density at radius 2 is 2.14 bits per heavy atom. The molecule has 1 heterocycles. The first-order chi connectivity index (χ1) is 6.45. The van der Waals surface area contributed by atoms with Crippen LogP contribution in [0.25, 0.3) is 0 Å².